The molecule has 0 radical (unpaired) electrons. The van der Waals surface area contributed by atoms with Crippen molar-refractivity contribution in [3.8, 4) is 0 Å². The Morgan fingerprint density at radius 2 is 0.376 bits per heavy atom. The maximum atomic E-state index is 15.1. The van der Waals surface area contributed by atoms with E-state index < -0.39 is 226 Å². The van der Waals surface area contributed by atoms with Crippen molar-refractivity contribution in [1.29, 1.82) is 0 Å². The van der Waals surface area contributed by atoms with Crippen LogP contribution in [0.4, 0.5) is 57.5 Å². The van der Waals surface area contributed by atoms with Crippen molar-refractivity contribution in [2.75, 3.05) is 80.0 Å². The van der Waals surface area contributed by atoms with E-state index in [1.807, 2.05) is 6.92 Å². The summed E-state index contributed by atoms with van der Waals surface area (Å²) in [4.78, 5) is 213. The average Bonchev–Trinajstić information content (AvgIpc) is 1.64. The van der Waals surface area contributed by atoms with E-state index in [1.54, 1.807) is 0 Å². The molecule has 1 unspecified atom stereocenters. The average molecular weight is 1190 g/mol. The van der Waals surface area contributed by atoms with E-state index in [0.29, 0.717) is 18.1 Å². The summed E-state index contributed by atoms with van der Waals surface area (Å²) in [6, 6.07) is -6.23. The largest absolute Gasteiger partial charge is 0.350 e. The summed E-state index contributed by atoms with van der Waals surface area (Å²) in [6.07, 6.45) is -7.49. The van der Waals surface area contributed by atoms with E-state index in [0.717, 1.165) is 6.42 Å². The van der Waals surface area contributed by atoms with Crippen LogP contribution >= 0.6 is 0 Å². The molecule has 85 heavy (non-hydrogen) atoms. The van der Waals surface area contributed by atoms with Crippen LogP contribution in [0.2, 0.25) is 0 Å². The van der Waals surface area contributed by atoms with Gasteiger partial charge < -0.3 is 17.2 Å². The number of rotatable bonds is 1. The van der Waals surface area contributed by atoms with Crippen LogP contribution < -0.4 is 17.2 Å². The van der Waals surface area contributed by atoms with Gasteiger partial charge in [0.15, 0.2) is 74.0 Å². The van der Waals surface area contributed by atoms with Gasteiger partial charge in [-0.25, -0.2) is 57.5 Å². The molecule has 18 aliphatic heterocycles. The molecule has 19 fully saturated rings. The highest BCUT2D eigenvalue weighted by atomic mass is 16.3. The van der Waals surface area contributed by atoms with Crippen molar-refractivity contribution in [1.82, 2.24) is 118 Å². The van der Waals surface area contributed by atoms with Crippen LogP contribution in [0.5, 0.6) is 0 Å². The molecule has 0 aromatic carbocycles. The van der Waals surface area contributed by atoms with Gasteiger partial charge in [-0.3, -0.25) is 118 Å². The van der Waals surface area contributed by atoms with Crippen LogP contribution in [0.15, 0.2) is 0 Å². The van der Waals surface area contributed by atoms with Crippen LogP contribution in [-0.2, 0) is 0 Å². The number of nitrogens with zero attached hydrogens (tertiary/aromatic N) is 24. The van der Waals surface area contributed by atoms with Crippen molar-refractivity contribution in [2.45, 2.75) is 138 Å². The maximum Gasteiger partial charge on any atom is 0.326 e. The molecule has 18 saturated heterocycles. The maximum absolute atomic E-state index is 15.1. The van der Waals surface area contributed by atoms with Crippen LogP contribution in [0.25, 0.3) is 0 Å². The molecule has 39 heteroatoms. The SMILES string of the molecule is CCC(C)N.O=C1N2CN3C(=O)N4CN5C(=O)N6CN7C(=O)N8CN9C(=O)N%10CN%11C(=O)N%12CN1C1C2N2CN%13C(=O)N(CN%14C(=O)N(CN%15C(=O)N(CN%16C(=O)N(CN%17C(=O)N(CN1C2=O)C%12C%11%17)C%10C9%16)C8C7%15)C6C5%14)C4C3%13.[NH3+][C@@H]1CCCC[C@H]1[NH3+]. The second kappa shape index (κ2) is 15.9. The zero-order valence-electron chi connectivity index (χ0n) is 46.3. The highest BCUT2D eigenvalue weighted by molar-refractivity contribution is 5.95. The second-order valence-electron chi connectivity index (χ2n) is 25.5. The molecule has 0 aromatic rings. The van der Waals surface area contributed by atoms with Crippen LogP contribution in [0, 0.1) is 0 Å². The van der Waals surface area contributed by atoms with Crippen LogP contribution in [0.1, 0.15) is 46.0 Å². The molecule has 3 atom stereocenters. The van der Waals surface area contributed by atoms with Crippen molar-refractivity contribution in [3.05, 3.63) is 0 Å². The lowest BCUT2D eigenvalue weighted by molar-refractivity contribution is -0.534. The Hall–Kier alpha value is -8.88. The van der Waals surface area contributed by atoms with Gasteiger partial charge in [0.25, 0.3) is 0 Å². The van der Waals surface area contributed by atoms with Gasteiger partial charge in [-0.1, -0.05) is 6.92 Å². The van der Waals surface area contributed by atoms with Gasteiger partial charge in [0.05, 0.1) is 0 Å². The Morgan fingerprint density at radius 3 is 0.447 bits per heavy atom. The summed E-state index contributed by atoms with van der Waals surface area (Å²) in [5, 5.41) is 0. The first-order chi connectivity index (χ1) is 40.8. The molecular weight excluding hydrogens is 1120 g/mol. The number of hydrogen-bond donors (Lipinski definition) is 3. The van der Waals surface area contributed by atoms with Crippen molar-refractivity contribution in [3.63, 3.8) is 0 Å². The topological polar surface area (TPSA) is 364 Å². The lowest BCUT2D eigenvalue weighted by atomic mass is 9.92. The molecule has 19 rings (SSSR count). The first-order valence-corrected chi connectivity index (χ1v) is 29.1. The van der Waals surface area contributed by atoms with E-state index in [1.165, 1.54) is 143 Å². The number of carbonyl (C=O) groups excluding carboxylic acids is 12. The van der Waals surface area contributed by atoms with E-state index in [9.17, 15) is 0 Å². The van der Waals surface area contributed by atoms with Crippen LogP contribution in [-0.4, -0.2) is 362 Å². The smallest absolute Gasteiger partial charge is 0.326 e. The first kappa shape index (κ1) is 49.5. The second-order valence-corrected chi connectivity index (χ2v) is 25.5. The van der Waals surface area contributed by atoms with Gasteiger partial charge in [-0.2, -0.15) is 0 Å². The first-order valence-electron chi connectivity index (χ1n) is 29.1. The Bertz CT molecular complexity index is 2390. The molecule has 39 nitrogen and oxygen atoms in total. The third-order valence-corrected chi connectivity index (χ3v) is 21.5. The number of quaternary nitrogens is 2. The predicted molar refractivity (Wildman–Crippen MR) is 269 cm³/mol. The molecule has 18 heterocycles. The van der Waals surface area contributed by atoms with Gasteiger partial charge in [-0.15, -0.1) is 0 Å². The van der Waals surface area contributed by atoms with Gasteiger partial charge >= 0.3 is 72.4 Å². The molecule has 1 aliphatic carbocycles. The summed E-state index contributed by atoms with van der Waals surface area (Å²) < 4.78 is 0. The molecule has 24 amide bonds. The molecule has 0 aromatic heterocycles. The highest BCUT2D eigenvalue weighted by Crippen LogP contribution is 2.51. The van der Waals surface area contributed by atoms with Crippen molar-refractivity contribution >= 4 is 72.4 Å². The number of carbonyl (C=O) groups is 12. The molecule has 452 valence electrons. The number of nitrogens with two attached hydrogens (primary N) is 1. The minimum Gasteiger partial charge on any atom is -0.350 e. The van der Waals surface area contributed by atoms with Gasteiger partial charge in [0.2, 0.25) is 0 Å². The minimum atomic E-state index is -1.16. The Balaban J connectivity index is 0.000000380. The third kappa shape index (κ3) is 5.59. The van der Waals surface area contributed by atoms with Gasteiger partial charge in [-0.05, 0) is 26.2 Å². The molecule has 8 N–H and O–H groups in total. The molecule has 0 bridgehead atoms. The zero-order chi connectivity index (χ0) is 58.5. The van der Waals surface area contributed by atoms with E-state index in [4.69, 9.17) is 5.73 Å². The Morgan fingerprint density at radius 1 is 0.282 bits per heavy atom. The molecule has 1 saturated carbocycles. The van der Waals surface area contributed by atoms with E-state index in [-0.39, 0.29) is 0 Å². The third-order valence-electron chi connectivity index (χ3n) is 21.5. The fraction of sp³-hybridized carbons (Fsp3) is 0.739. The summed E-state index contributed by atoms with van der Waals surface area (Å²) in [5.41, 5.74) is 13.3. The quantitative estimate of drug-likeness (QED) is 0.220. The molecule has 0 spiro atoms. The predicted octanol–water partition coefficient (Wildman–Crippen LogP) is -6.14. The van der Waals surface area contributed by atoms with E-state index in [2.05, 4.69) is 18.4 Å². The standard InChI is InChI=1S/C36H36N24O12.C6H14N2.C4H11N/c61-25-37-1-38-14-16-42(26(38)62)4-46-18-20-50(30(46)66)8-54-22-24-58(34(54)70)11-57-23-21-53(33(57)69)7-49-19-17-45(29(49)65)3-41(25)15-13(37)39-2-40(14)28(64)44(16)6-48(18)32(68)52(20)10-56(22)36(72)60(24)12-59(23)35(71)55(21)9-51(19)31(67)47(17)5-43(15)27(39)63;7-5-3-1-2-4-6(5)8;1-3-4(2)5/h13-24H,1-12H2;5-6H,1-4,7-8H2;4H,3,5H2,1-2H3/p+2/t;5-,6-;/m.1./s1. The zero-order valence-corrected chi connectivity index (χ0v) is 46.3. The van der Waals surface area contributed by atoms with Crippen LogP contribution in [0.3, 0.4) is 0 Å². The monoisotopic (exact) mass is 1190 g/mol. The summed E-state index contributed by atoms with van der Waals surface area (Å²) in [5.74, 6) is 0. The van der Waals surface area contributed by atoms with Crippen molar-refractivity contribution in [2.24, 2.45) is 5.73 Å². The normalized spacial score (nSPS) is 38.8. The number of hydrogen-bond acceptors (Lipinski definition) is 13. The number of amides is 24. The van der Waals surface area contributed by atoms with Gasteiger partial charge in [0, 0.05) is 18.9 Å². The molecule has 19 aliphatic rings. The lowest BCUT2D eigenvalue weighted by Crippen LogP contribution is -2.80. The van der Waals surface area contributed by atoms with E-state index >= 15 is 57.5 Å². The fourth-order valence-corrected chi connectivity index (χ4v) is 17.3. The van der Waals surface area contributed by atoms with Crippen molar-refractivity contribution < 1.29 is 69.0 Å². The summed E-state index contributed by atoms with van der Waals surface area (Å²) in [6.45, 7) is -1.41. The highest BCUT2D eigenvalue weighted by Gasteiger charge is 2.76. The Kier molecular flexibility index (Phi) is 9.26. The number of urea groups is 12. The summed E-state index contributed by atoms with van der Waals surface area (Å²) >= 11 is 0. The fourth-order valence-electron chi connectivity index (χ4n) is 17.3. The Labute approximate surface area is 481 Å². The molecular formula is C46H63N27O12+2. The van der Waals surface area contributed by atoms with Gasteiger partial charge in [0.1, 0.15) is 92.1 Å². The lowest BCUT2D eigenvalue weighted by Gasteiger charge is -2.42. The minimum absolute atomic E-state index is 0.384. The summed E-state index contributed by atoms with van der Waals surface area (Å²) in [7, 11) is 0.